The molecule has 0 aliphatic heterocycles. The molecule has 0 unspecified atom stereocenters. The van der Waals surface area contributed by atoms with E-state index in [1.54, 1.807) is 6.07 Å². The van der Waals surface area contributed by atoms with Gasteiger partial charge in [-0.2, -0.15) is 0 Å². The smallest absolute Gasteiger partial charge is 0.146 e. The number of aryl methyl sites for hydroxylation is 1. The highest BCUT2D eigenvalue weighted by Crippen LogP contribution is 2.14. The van der Waals surface area contributed by atoms with E-state index in [4.69, 9.17) is 0 Å². The third-order valence-corrected chi connectivity index (χ3v) is 2.03. The third kappa shape index (κ3) is 3.21. The number of halogens is 1. The highest BCUT2D eigenvalue weighted by molar-refractivity contribution is 5.45. The summed E-state index contributed by atoms with van der Waals surface area (Å²) in [5.74, 6) is -0.177. The van der Waals surface area contributed by atoms with Gasteiger partial charge in [0.05, 0.1) is 5.69 Å². The SMILES string of the molecule is C=CCCCNc1ccc(C)cc1F. The highest BCUT2D eigenvalue weighted by atomic mass is 19.1. The van der Waals surface area contributed by atoms with Gasteiger partial charge in [-0.05, 0) is 37.5 Å². The van der Waals surface area contributed by atoms with Crippen molar-refractivity contribution in [3.8, 4) is 0 Å². The predicted molar refractivity (Wildman–Crippen MR) is 59.1 cm³/mol. The molecule has 0 aliphatic rings. The average molecular weight is 193 g/mol. The molecule has 0 fully saturated rings. The van der Waals surface area contributed by atoms with E-state index in [0.29, 0.717) is 5.69 Å². The van der Waals surface area contributed by atoms with Gasteiger partial charge in [0.1, 0.15) is 5.82 Å². The van der Waals surface area contributed by atoms with Gasteiger partial charge in [-0.1, -0.05) is 12.1 Å². The standard InChI is InChI=1S/C12H16FN/c1-3-4-5-8-14-12-7-6-10(2)9-11(12)13/h3,6-7,9,14H,1,4-5,8H2,2H3. The van der Waals surface area contributed by atoms with Gasteiger partial charge in [-0.15, -0.1) is 6.58 Å². The maximum Gasteiger partial charge on any atom is 0.146 e. The van der Waals surface area contributed by atoms with Crippen molar-refractivity contribution in [3.05, 3.63) is 42.2 Å². The summed E-state index contributed by atoms with van der Waals surface area (Å²) in [5, 5.41) is 3.05. The van der Waals surface area contributed by atoms with Gasteiger partial charge < -0.3 is 5.32 Å². The van der Waals surface area contributed by atoms with Crippen LogP contribution in [0, 0.1) is 12.7 Å². The first kappa shape index (κ1) is 10.8. The summed E-state index contributed by atoms with van der Waals surface area (Å²) >= 11 is 0. The quantitative estimate of drug-likeness (QED) is 0.557. The van der Waals surface area contributed by atoms with Crippen LogP contribution >= 0.6 is 0 Å². The summed E-state index contributed by atoms with van der Waals surface area (Å²) < 4.78 is 13.3. The Morgan fingerprint density at radius 3 is 2.93 bits per heavy atom. The Hall–Kier alpha value is -1.31. The van der Waals surface area contributed by atoms with Crippen LogP contribution in [0.1, 0.15) is 18.4 Å². The van der Waals surface area contributed by atoms with Gasteiger partial charge in [-0.25, -0.2) is 4.39 Å². The first-order chi connectivity index (χ1) is 6.74. The molecule has 1 N–H and O–H groups in total. The van der Waals surface area contributed by atoms with E-state index < -0.39 is 0 Å². The lowest BCUT2D eigenvalue weighted by molar-refractivity contribution is 0.628. The minimum Gasteiger partial charge on any atom is -0.383 e. The molecule has 1 rings (SSSR count). The van der Waals surface area contributed by atoms with E-state index >= 15 is 0 Å². The molecule has 0 saturated carbocycles. The van der Waals surface area contributed by atoms with Gasteiger partial charge in [0.15, 0.2) is 0 Å². The van der Waals surface area contributed by atoms with Crippen LogP contribution in [0.3, 0.4) is 0 Å². The van der Waals surface area contributed by atoms with Crippen LogP contribution in [0.2, 0.25) is 0 Å². The van der Waals surface area contributed by atoms with E-state index in [0.717, 1.165) is 24.9 Å². The Labute approximate surface area is 84.6 Å². The molecular weight excluding hydrogens is 177 g/mol. The molecule has 1 nitrogen and oxygen atoms in total. The summed E-state index contributed by atoms with van der Waals surface area (Å²) in [7, 11) is 0. The number of rotatable bonds is 5. The van der Waals surface area contributed by atoms with Gasteiger partial charge in [-0.3, -0.25) is 0 Å². The van der Waals surface area contributed by atoms with E-state index in [1.807, 2.05) is 19.1 Å². The second-order valence-electron chi connectivity index (χ2n) is 3.34. The Morgan fingerprint density at radius 1 is 1.50 bits per heavy atom. The fourth-order valence-electron chi connectivity index (χ4n) is 1.23. The van der Waals surface area contributed by atoms with Crippen LogP contribution in [0.5, 0.6) is 0 Å². The van der Waals surface area contributed by atoms with Gasteiger partial charge >= 0.3 is 0 Å². The molecular formula is C12H16FN. The van der Waals surface area contributed by atoms with E-state index in [2.05, 4.69) is 11.9 Å². The normalized spacial score (nSPS) is 9.86. The third-order valence-electron chi connectivity index (χ3n) is 2.03. The maximum absolute atomic E-state index is 13.3. The second kappa shape index (κ2) is 5.43. The van der Waals surface area contributed by atoms with Crippen LogP contribution in [-0.4, -0.2) is 6.54 Å². The summed E-state index contributed by atoms with van der Waals surface area (Å²) in [4.78, 5) is 0. The predicted octanol–water partition coefficient (Wildman–Crippen LogP) is 3.51. The molecule has 2 heteroatoms. The fourth-order valence-corrected chi connectivity index (χ4v) is 1.23. The summed E-state index contributed by atoms with van der Waals surface area (Å²) in [5.41, 5.74) is 1.53. The number of allylic oxidation sites excluding steroid dienone is 1. The van der Waals surface area contributed by atoms with Crippen LogP contribution in [-0.2, 0) is 0 Å². The van der Waals surface area contributed by atoms with Crippen molar-refractivity contribution in [3.63, 3.8) is 0 Å². The minimum absolute atomic E-state index is 0.177. The number of unbranched alkanes of at least 4 members (excludes halogenated alkanes) is 1. The van der Waals surface area contributed by atoms with Crippen molar-refractivity contribution in [2.24, 2.45) is 0 Å². The van der Waals surface area contributed by atoms with Crippen molar-refractivity contribution in [1.82, 2.24) is 0 Å². The van der Waals surface area contributed by atoms with Crippen LogP contribution in [0.4, 0.5) is 10.1 Å². The van der Waals surface area contributed by atoms with Crippen molar-refractivity contribution in [1.29, 1.82) is 0 Å². The molecule has 14 heavy (non-hydrogen) atoms. The zero-order valence-electron chi connectivity index (χ0n) is 8.52. The Bertz CT molecular complexity index is 307. The lowest BCUT2D eigenvalue weighted by atomic mass is 10.2. The van der Waals surface area contributed by atoms with Crippen LogP contribution in [0.25, 0.3) is 0 Å². The van der Waals surface area contributed by atoms with Crippen LogP contribution in [0.15, 0.2) is 30.9 Å². The van der Waals surface area contributed by atoms with Gasteiger partial charge in [0.2, 0.25) is 0 Å². The summed E-state index contributed by atoms with van der Waals surface area (Å²) in [6, 6.07) is 5.22. The fraction of sp³-hybridized carbons (Fsp3) is 0.333. The van der Waals surface area contributed by atoms with Crippen molar-refractivity contribution < 1.29 is 4.39 Å². The first-order valence-corrected chi connectivity index (χ1v) is 4.85. The molecule has 76 valence electrons. The minimum atomic E-state index is -0.177. The van der Waals surface area contributed by atoms with Gasteiger partial charge in [0.25, 0.3) is 0 Å². The van der Waals surface area contributed by atoms with E-state index in [9.17, 15) is 4.39 Å². The number of hydrogen-bond donors (Lipinski definition) is 1. The second-order valence-corrected chi connectivity index (χ2v) is 3.34. The van der Waals surface area contributed by atoms with E-state index in [1.165, 1.54) is 6.07 Å². The molecule has 0 spiro atoms. The zero-order chi connectivity index (χ0) is 10.4. The molecule has 0 heterocycles. The van der Waals surface area contributed by atoms with Crippen molar-refractivity contribution >= 4 is 5.69 Å². The average Bonchev–Trinajstić information content (AvgIpc) is 2.15. The maximum atomic E-state index is 13.3. The number of hydrogen-bond acceptors (Lipinski definition) is 1. The Morgan fingerprint density at radius 2 is 2.29 bits per heavy atom. The lowest BCUT2D eigenvalue weighted by Gasteiger charge is -2.06. The summed E-state index contributed by atoms with van der Waals surface area (Å²) in [6.45, 7) is 6.30. The first-order valence-electron chi connectivity index (χ1n) is 4.85. The van der Waals surface area contributed by atoms with Crippen molar-refractivity contribution in [2.75, 3.05) is 11.9 Å². The Balaban J connectivity index is 2.46. The van der Waals surface area contributed by atoms with E-state index in [-0.39, 0.29) is 5.82 Å². The van der Waals surface area contributed by atoms with Crippen LogP contribution < -0.4 is 5.32 Å². The monoisotopic (exact) mass is 193 g/mol. The summed E-state index contributed by atoms with van der Waals surface area (Å²) in [6.07, 6.45) is 3.81. The number of benzene rings is 1. The zero-order valence-corrected chi connectivity index (χ0v) is 8.52. The lowest BCUT2D eigenvalue weighted by Crippen LogP contribution is -2.02. The largest absolute Gasteiger partial charge is 0.383 e. The van der Waals surface area contributed by atoms with Crippen molar-refractivity contribution in [2.45, 2.75) is 19.8 Å². The molecule has 0 bridgehead atoms. The molecule has 0 aliphatic carbocycles. The molecule has 0 atom stereocenters. The molecule has 0 radical (unpaired) electrons. The molecule has 0 aromatic heterocycles. The topological polar surface area (TPSA) is 12.0 Å². The molecule has 1 aromatic carbocycles. The Kier molecular flexibility index (Phi) is 4.17. The highest BCUT2D eigenvalue weighted by Gasteiger charge is 1.99. The number of anilines is 1. The number of nitrogens with one attached hydrogen (secondary N) is 1. The van der Waals surface area contributed by atoms with Gasteiger partial charge in [0, 0.05) is 6.54 Å². The molecule has 0 amide bonds. The molecule has 1 aromatic rings. The molecule has 0 saturated heterocycles.